The summed E-state index contributed by atoms with van der Waals surface area (Å²) in [6, 6.07) is 6.55. The highest BCUT2D eigenvalue weighted by Gasteiger charge is 2.38. The van der Waals surface area contributed by atoms with E-state index in [1.807, 2.05) is 0 Å². The topological polar surface area (TPSA) is 77.7 Å². The predicted molar refractivity (Wildman–Crippen MR) is 125 cm³/mol. The quantitative estimate of drug-likeness (QED) is 0.304. The Labute approximate surface area is 219 Å². The van der Waals surface area contributed by atoms with Crippen LogP contribution < -0.4 is 4.74 Å². The fourth-order valence-electron chi connectivity index (χ4n) is 4.02. The van der Waals surface area contributed by atoms with Gasteiger partial charge in [0.25, 0.3) is 0 Å². The molecule has 13 heteroatoms. The Hall–Kier alpha value is -3.77. The largest absolute Gasteiger partial charge is 0.488 e. The van der Waals surface area contributed by atoms with Crippen molar-refractivity contribution in [3.05, 3.63) is 65.0 Å². The van der Waals surface area contributed by atoms with E-state index in [0.717, 1.165) is 36.4 Å². The van der Waals surface area contributed by atoms with E-state index < -0.39 is 47.0 Å². The van der Waals surface area contributed by atoms with E-state index in [0.29, 0.717) is 19.4 Å². The Balaban J connectivity index is 1.53. The summed E-state index contributed by atoms with van der Waals surface area (Å²) in [5.41, 5.74) is -2.45. The number of hydrogen-bond acceptors (Lipinski definition) is 6. The molecule has 1 fully saturated rings. The Morgan fingerprint density at radius 2 is 1.72 bits per heavy atom. The molecule has 2 aromatic carbocycles. The second kappa shape index (κ2) is 10.4. The van der Waals surface area contributed by atoms with E-state index in [9.17, 15) is 31.1 Å². The van der Waals surface area contributed by atoms with Crippen LogP contribution in [0.5, 0.6) is 5.75 Å². The molecular weight excluding hydrogens is 532 g/mol. The fourth-order valence-corrected chi connectivity index (χ4v) is 4.02. The fraction of sp³-hybridized carbons (Fsp3) is 0.423. The average molecular weight is 557 g/mol. The highest BCUT2D eigenvalue weighted by molar-refractivity contribution is 5.69. The molecule has 1 aliphatic heterocycles. The lowest BCUT2D eigenvalue weighted by Crippen LogP contribution is -2.36. The number of likely N-dealkylation sites (tertiary alicyclic amines) is 1. The summed E-state index contributed by atoms with van der Waals surface area (Å²) in [5.74, 6) is -0.549. The molecule has 1 saturated heterocycles. The third-order valence-corrected chi connectivity index (χ3v) is 5.83. The summed E-state index contributed by atoms with van der Waals surface area (Å²) in [4.78, 5) is 18.2. The third kappa shape index (κ3) is 6.82. The summed E-state index contributed by atoms with van der Waals surface area (Å²) in [6.07, 6.45) is -8.72. The summed E-state index contributed by atoms with van der Waals surface area (Å²) >= 11 is 0. The molecule has 2 heterocycles. The molecular formula is C26H25F6N3O4. The molecule has 0 radical (unpaired) electrons. The van der Waals surface area contributed by atoms with Crippen LogP contribution in [0.25, 0.3) is 11.4 Å². The minimum atomic E-state index is -4.81. The Morgan fingerprint density at radius 1 is 1.03 bits per heavy atom. The Kier molecular flexibility index (Phi) is 7.55. The van der Waals surface area contributed by atoms with Gasteiger partial charge in [-0.2, -0.15) is 31.3 Å². The van der Waals surface area contributed by atoms with Crippen LogP contribution >= 0.6 is 0 Å². The number of ether oxygens (including phenoxy) is 2. The van der Waals surface area contributed by atoms with Crippen molar-refractivity contribution in [2.24, 2.45) is 0 Å². The molecule has 39 heavy (non-hydrogen) atoms. The van der Waals surface area contributed by atoms with E-state index >= 15 is 0 Å². The van der Waals surface area contributed by atoms with Crippen LogP contribution in [0.2, 0.25) is 0 Å². The first-order valence-electron chi connectivity index (χ1n) is 12.0. The third-order valence-electron chi connectivity index (χ3n) is 5.83. The van der Waals surface area contributed by atoms with Crippen LogP contribution in [0.15, 0.2) is 47.0 Å². The summed E-state index contributed by atoms with van der Waals surface area (Å²) < 4.78 is 95.8. The molecule has 0 spiro atoms. The van der Waals surface area contributed by atoms with Gasteiger partial charge in [0.2, 0.25) is 11.7 Å². The van der Waals surface area contributed by atoms with Crippen LogP contribution in [0.3, 0.4) is 0 Å². The van der Waals surface area contributed by atoms with Crippen LogP contribution in [0.1, 0.15) is 62.2 Å². The molecule has 0 unspecified atom stereocenters. The molecule has 0 N–H and O–H groups in total. The lowest BCUT2D eigenvalue weighted by atomic mass is 10.1. The summed E-state index contributed by atoms with van der Waals surface area (Å²) in [5, 5.41) is 3.81. The average Bonchev–Trinajstić information content (AvgIpc) is 3.50. The maximum Gasteiger partial charge on any atom is 0.419 e. The molecule has 1 atom stereocenters. The first kappa shape index (κ1) is 28.2. The van der Waals surface area contributed by atoms with Gasteiger partial charge in [-0.3, -0.25) is 4.90 Å². The lowest BCUT2D eigenvalue weighted by molar-refractivity contribution is -0.139. The number of carbonyl (C=O) groups excluding carboxylic acids is 1. The van der Waals surface area contributed by atoms with Crippen molar-refractivity contribution in [1.29, 1.82) is 0 Å². The highest BCUT2D eigenvalue weighted by Crippen LogP contribution is 2.40. The number of amides is 1. The van der Waals surface area contributed by atoms with Gasteiger partial charge in [-0.1, -0.05) is 17.3 Å². The van der Waals surface area contributed by atoms with E-state index in [-0.39, 0.29) is 29.4 Å². The van der Waals surface area contributed by atoms with Crippen molar-refractivity contribution in [3.63, 3.8) is 0 Å². The van der Waals surface area contributed by atoms with Gasteiger partial charge in [0, 0.05) is 12.1 Å². The first-order valence-corrected chi connectivity index (χ1v) is 12.0. The molecule has 1 aromatic heterocycles. The normalized spacial score (nSPS) is 16.4. The SMILES string of the molecule is CC(C)(C)OC(=O)N1CCC[C@H]1c1nc(-c2ccc(OCc3ccc(C(F)(F)F)cc3)c(C(F)(F)F)c2)no1. The minimum Gasteiger partial charge on any atom is -0.488 e. The molecule has 1 aliphatic rings. The van der Waals surface area contributed by atoms with Crippen molar-refractivity contribution in [3.8, 4) is 17.1 Å². The standard InChI is InChI=1S/C26H25F6N3O4/c1-24(2,3)38-23(36)35-12-4-5-19(35)22-33-21(34-39-22)16-8-11-20(18(13-16)26(30,31)32)37-14-15-6-9-17(10-7-15)25(27,28)29/h6-11,13,19H,4-5,12,14H2,1-3H3/t19-/m0/s1. The Bertz CT molecular complexity index is 1310. The van der Waals surface area contributed by atoms with Gasteiger partial charge in [0.1, 0.15) is 24.0 Å². The van der Waals surface area contributed by atoms with Crippen molar-refractivity contribution < 1.29 is 45.1 Å². The molecule has 4 rings (SSSR count). The lowest BCUT2D eigenvalue weighted by Gasteiger charge is -2.26. The van der Waals surface area contributed by atoms with Gasteiger partial charge in [-0.25, -0.2) is 4.79 Å². The highest BCUT2D eigenvalue weighted by atomic mass is 19.4. The summed E-state index contributed by atoms with van der Waals surface area (Å²) in [7, 11) is 0. The van der Waals surface area contributed by atoms with Gasteiger partial charge < -0.3 is 14.0 Å². The number of halogens is 6. The van der Waals surface area contributed by atoms with E-state index in [1.165, 1.54) is 11.0 Å². The van der Waals surface area contributed by atoms with Crippen LogP contribution in [0.4, 0.5) is 31.1 Å². The number of hydrogen-bond donors (Lipinski definition) is 0. The maximum atomic E-state index is 13.9. The number of rotatable bonds is 5. The van der Waals surface area contributed by atoms with Crippen molar-refractivity contribution >= 4 is 6.09 Å². The second-order valence-electron chi connectivity index (χ2n) is 9.98. The number of carbonyl (C=O) groups is 1. The van der Waals surface area contributed by atoms with E-state index in [4.69, 9.17) is 14.0 Å². The maximum absolute atomic E-state index is 13.9. The first-order chi connectivity index (χ1) is 18.1. The van der Waals surface area contributed by atoms with Gasteiger partial charge in [-0.15, -0.1) is 0 Å². The van der Waals surface area contributed by atoms with Crippen molar-refractivity contribution in [2.75, 3.05) is 6.54 Å². The zero-order valence-electron chi connectivity index (χ0n) is 21.2. The number of alkyl halides is 6. The molecule has 3 aromatic rings. The second-order valence-corrected chi connectivity index (χ2v) is 9.98. The predicted octanol–water partition coefficient (Wildman–Crippen LogP) is 7.43. The summed E-state index contributed by atoms with van der Waals surface area (Å²) in [6.45, 7) is 5.22. The van der Waals surface area contributed by atoms with Crippen LogP contribution in [-0.2, 0) is 23.7 Å². The van der Waals surface area contributed by atoms with Gasteiger partial charge in [-0.05, 0) is 69.5 Å². The Morgan fingerprint density at radius 3 is 2.33 bits per heavy atom. The van der Waals surface area contributed by atoms with Gasteiger partial charge in [0.15, 0.2) is 0 Å². The number of nitrogens with zero attached hydrogens (tertiary/aromatic N) is 3. The molecule has 7 nitrogen and oxygen atoms in total. The van der Waals surface area contributed by atoms with Crippen LogP contribution in [-0.4, -0.2) is 33.3 Å². The zero-order valence-corrected chi connectivity index (χ0v) is 21.2. The molecule has 1 amide bonds. The molecule has 0 aliphatic carbocycles. The van der Waals surface area contributed by atoms with E-state index in [1.54, 1.807) is 20.8 Å². The number of aromatic nitrogens is 2. The molecule has 0 bridgehead atoms. The van der Waals surface area contributed by atoms with E-state index in [2.05, 4.69) is 10.1 Å². The van der Waals surface area contributed by atoms with Crippen molar-refractivity contribution in [1.82, 2.24) is 15.0 Å². The van der Waals surface area contributed by atoms with Crippen molar-refractivity contribution in [2.45, 2.75) is 64.2 Å². The molecule has 0 saturated carbocycles. The van der Waals surface area contributed by atoms with Gasteiger partial charge in [0.05, 0.1) is 11.1 Å². The zero-order chi connectivity index (χ0) is 28.6. The van der Waals surface area contributed by atoms with Gasteiger partial charge >= 0.3 is 18.4 Å². The minimum absolute atomic E-state index is 0.000945. The number of benzene rings is 2. The van der Waals surface area contributed by atoms with Crippen LogP contribution in [0, 0.1) is 0 Å². The molecule has 210 valence electrons. The smallest absolute Gasteiger partial charge is 0.419 e. The monoisotopic (exact) mass is 557 g/mol.